The van der Waals surface area contributed by atoms with Crippen LogP contribution >= 0.6 is 11.8 Å². The quantitative estimate of drug-likeness (QED) is 0.870. The molecule has 1 atom stereocenters. The van der Waals surface area contributed by atoms with Crippen molar-refractivity contribution in [2.24, 2.45) is 0 Å². The molecule has 102 valence electrons. The van der Waals surface area contributed by atoms with E-state index in [2.05, 4.69) is 5.10 Å². The molecule has 1 N–H and O–H groups in total. The first-order valence-electron chi connectivity index (χ1n) is 5.95. The molecule has 2 aromatic heterocycles. The van der Waals surface area contributed by atoms with Gasteiger partial charge in [0, 0.05) is 18.1 Å². The summed E-state index contributed by atoms with van der Waals surface area (Å²) in [6, 6.07) is 5.14. The second kappa shape index (κ2) is 6.03. The molecule has 2 rings (SSSR count). The highest BCUT2D eigenvalue weighted by atomic mass is 32.2. The molecule has 0 aliphatic heterocycles. The maximum absolute atomic E-state index is 11.9. The first-order valence-corrected chi connectivity index (χ1v) is 7.00. The monoisotopic (exact) mass is 281 g/mol. The van der Waals surface area contributed by atoms with E-state index in [9.17, 15) is 9.59 Å². The standard InChI is InChI=1S/C12H15N3O3S/c1-9(5-7-16)19-8-11(17)15-12(18)14-6-3-2-4-10(14)13-15/h2-4,6,9,16H,5,7-8H2,1H3. The molecule has 0 aliphatic rings. The lowest BCUT2D eigenvalue weighted by atomic mass is 10.3. The van der Waals surface area contributed by atoms with E-state index in [-0.39, 0.29) is 23.5 Å². The minimum absolute atomic E-state index is 0.0939. The van der Waals surface area contributed by atoms with Crippen LogP contribution in [-0.4, -0.2) is 42.8 Å². The number of aliphatic hydroxyl groups excluding tert-OH is 1. The highest BCUT2D eigenvalue weighted by Gasteiger charge is 2.14. The molecule has 0 spiro atoms. The van der Waals surface area contributed by atoms with Crippen molar-refractivity contribution >= 4 is 23.3 Å². The van der Waals surface area contributed by atoms with Gasteiger partial charge in [0.25, 0.3) is 5.91 Å². The van der Waals surface area contributed by atoms with Gasteiger partial charge in [0.2, 0.25) is 0 Å². The predicted octanol–water partition coefficient (Wildman–Crippen LogP) is 0.640. The van der Waals surface area contributed by atoms with E-state index < -0.39 is 5.69 Å². The highest BCUT2D eigenvalue weighted by molar-refractivity contribution is 8.00. The first kappa shape index (κ1) is 13.8. The summed E-state index contributed by atoms with van der Waals surface area (Å²) in [6.07, 6.45) is 2.20. The molecular formula is C12H15N3O3S. The van der Waals surface area contributed by atoms with Gasteiger partial charge in [0.1, 0.15) is 0 Å². The molecule has 2 aromatic rings. The van der Waals surface area contributed by atoms with Crippen LogP contribution in [0.4, 0.5) is 0 Å². The summed E-state index contributed by atoms with van der Waals surface area (Å²) in [5, 5.41) is 12.9. The van der Waals surface area contributed by atoms with Gasteiger partial charge >= 0.3 is 5.69 Å². The van der Waals surface area contributed by atoms with Crippen LogP contribution in [0.3, 0.4) is 0 Å². The summed E-state index contributed by atoms with van der Waals surface area (Å²) in [4.78, 5) is 23.9. The SMILES string of the molecule is CC(CCO)SCC(=O)n1nc2ccccn2c1=O. The topological polar surface area (TPSA) is 76.6 Å². The van der Waals surface area contributed by atoms with Crippen LogP contribution in [0.1, 0.15) is 18.1 Å². The molecule has 0 saturated carbocycles. The molecule has 0 aromatic carbocycles. The van der Waals surface area contributed by atoms with Gasteiger partial charge in [0.05, 0.1) is 5.75 Å². The molecule has 19 heavy (non-hydrogen) atoms. The van der Waals surface area contributed by atoms with Gasteiger partial charge in [-0.25, -0.2) is 9.20 Å². The van der Waals surface area contributed by atoms with E-state index in [1.54, 1.807) is 24.4 Å². The van der Waals surface area contributed by atoms with Crippen molar-refractivity contribution in [3.63, 3.8) is 0 Å². The number of thioether (sulfide) groups is 1. The van der Waals surface area contributed by atoms with Gasteiger partial charge in [-0.2, -0.15) is 0 Å². The van der Waals surface area contributed by atoms with Crippen LogP contribution in [0.25, 0.3) is 5.65 Å². The fraction of sp³-hybridized carbons (Fsp3) is 0.417. The maximum atomic E-state index is 11.9. The number of hydrogen-bond donors (Lipinski definition) is 1. The first-order chi connectivity index (χ1) is 9.13. The molecular weight excluding hydrogens is 266 g/mol. The van der Waals surface area contributed by atoms with Crippen molar-refractivity contribution in [1.29, 1.82) is 0 Å². The molecule has 0 amide bonds. The number of hydrogen-bond acceptors (Lipinski definition) is 5. The number of aromatic nitrogens is 3. The predicted molar refractivity (Wildman–Crippen MR) is 73.7 cm³/mol. The van der Waals surface area contributed by atoms with Gasteiger partial charge in [-0.3, -0.25) is 4.79 Å². The number of rotatable bonds is 5. The maximum Gasteiger partial charge on any atom is 0.357 e. The summed E-state index contributed by atoms with van der Waals surface area (Å²) in [5.41, 5.74) is 0.00488. The van der Waals surface area contributed by atoms with Crippen molar-refractivity contribution in [2.45, 2.75) is 18.6 Å². The third-order valence-electron chi connectivity index (χ3n) is 2.69. The average molecular weight is 281 g/mol. The number of carbonyl (C=O) groups excluding carboxylic acids is 1. The van der Waals surface area contributed by atoms with E-state index >= 15 is 0 Å². The van der Waals surface area contributed by atoms with E-state index in [0.717, 1.165) is 4.68 Å². The van der Waals surface area contributed by atoms with Gasteiger partial charge in [-0.05, 0) is 18.6 Å². The molecule has 7 heteroatoms. The second-order valence-electron chi connectivity index (χ2n) is 4.15. The fourth-order valence-electron chi connectivity index (χ4n) is 1.63. The Morgan fingerprint density at radius 3 is 3.00 bits per heavy atom. The van der Waals surface area contributed by atoms with Crippen molar-refractivity contribution in [2.75, 3.05) is 12.4 Å². The zero-order chi connectivity index (χ0) is 13.8. The van der Waals surface area contributed by atoms with Crippen LogP contribution in [0.5, 0.6) is 0 Å². The summed E-state index contributed by atoms with van der Waals surface area (Å²) in [6.45, 7) is 2.03. The Morgan fingerprint density at radius 2 is 2.32 bits per heavy atom. The lowest BCUT2D eigenvalue weighted by molar-refractivity contribution is 0.0922. The largest absolute Gasteiger partial charge is 0.396 e. The second-order valence-corrected chi connectivity index (χ2v) is 5.58. The summed E-state index contributed by atoms with van der Waals surface area (Å²) >= 11 is 1.40. The normalized spacial score (nSPS) is 12.7. The minimum Gasteiger partial charge on any atom is -0.396 e. The third-order valence-corrected chi connectivity index (χ3v) is 3.91. The van der Waals surface area contributed by atoms with Gasteiger partial charge in [0.15, 0.2) is 5.65 Å². The number of carbonyl (C=O) groups is 1. The zero-order valence-corrected chi connectivity index (χ0v) is 11.3. The lowest BCUT2D eigenvalue weighted by Gasteiger charge is -2.07. The van der Waals surface area contributed by atoms with Crippen LogP contribution in [0.2, 0.25) is 0 Å². The van der Waals surface area contributed by atoms with Crippen LogP contribution in [0, 0.1) is 0 Å². The van der Waals surface area contributed by atoms with Crippen LogP contribution in [-0.2, 0) is 0 Å². The van der Waals surface area contributed by atoms with E-state index in [1.165, 1.54) is 16.2 Å². The van der Waals surface area contributed by atoms with E-state index in [0.29, 0.717) is 12.1 Å². The van der Waals surface area contributed by atoms with Gasteiger partial charge in [-0.1, -0.05) is 13.0 Å². The van der Waals surface area contributed by atoms with Crippen molar-refractivity contribution < 1.29 is 9.90 Å². The minimum atomic E-state index is -0.448. The Hall–Kier alpha value is -1.60. The van der Waals surface area contributed by atoms with E-state index in [4.69, 9.17) is 5.11 Å². The van der Waals surface area contributed by atoms with Gasteiger partial charge in [-0.15, -0.1) is 21.5 Å². The number of pyridine rings is 1. The van der Waals surface area contributed by atoms with Gasteiger partial charge < -0.3 is 5.11 Å². The summed E-state index contributed by atoms with van der Waals surface area (Å²) in [5.74, 6) is -0.172. The molecule has 0 fully saturated rings. The molecule has 0 aliphatic carbocycles. The van der Waals surface area contributed by atoms with Crippen molar-refractivity contribution in [1.82, 2.24) is 14.2 Å². The number of nitrogens with zero attached hydrogens (tertiary/aromatic N) is 3. The molecule has 0 saturated heterocycles. The lowest BCUT2D eigenvalue weighted by Crippen LogP contribution is -2.29. The number of aliphatic hydroxyl groups is 1. The number of fused-ring (bicyclic) bond motifs is 1. The fourth-order valence-corrected chi connectivity index (χ4v) is 2.45. The molecule has 0 bridgehead atoms. The smallest absolute Gasteiger partial charge is 0.357 e. The van der Waals surface area contributed by atoms with Crippen LogP contribution < -0.4 is 5.69 Å². The molecule has 6 nitrogen and oxygen atoms in total. The average Bonchev–Trinajstić information content (AvgIpc) is 2.74. The Morgan fingerprint density at radius 1 is 1.53 bits per heavy atom. The van der Waals surface area contributed by atoms with Crippen molar-refractivity contribution in [3.8, 4) is 0 Å². The highest BCUT2D eigenvalue weighted by Crippen LogP contribution is 2.13. The zero-order valence-electron chi connectivity index (χ0n) is 10.5. The molecule has 2 heterocycles. The Balaban J connectivity index is 2.14. The molecule has 0 radical (unpaired) electrons. The van der Waals surface area contributed by atoms with Crippen molar-refractivity contribution in [3.05, 3.63) is 34.9 Å². The Bertz CT molecular complexity index is 634. The van der Waals surface area contributed by atoms with E-state index in [1.807, 2.05) is 6.92 Å². The molecule has 1 unspecified atom stereocenters. The third kappa shape index (κ3) is 3.05. The summed E-state index contributed by atoms with van der Waals surface area (Å²) < 4.78 is 2.23. The van der Waals surface area contributed by atoms with Crippen LogP contribution in [0.15, 0.2) is 29.2 Å². The summed E-state index contributed by atoms with van der Waals surface area (Å²) in [7, 11) is 0. The Labute approximate surface area is 114 Å². The Kier molecular flexibility index (Phi) is 4.39.